The van der Waals surface area contributed by atoms with E-state index in [1.165, 1.54) is 18.4 Å². The third-order valence-electron chi connectivity index (χ3n) is 3.23. The molecule has 0 saturated carbocycles. The second-order valence-corrected chi connectivity index (χ2v) is 5.56. The molecular weight excluding hydrogens is 278 g/mol. The van der Waals surface area contributed by atoms with Gasteiger partial charge in [-0.1, -0.05) is 0 Å². The van der Waals surface area contributed by atoms with Crippen LogP contribution in [-0.2, 0) is 0 Å². The maximum atomic E-state index is 11.8. The molecule has 0 spiro atoms. The number of nitrogens with one attached hydrogen (secondary N) is 2. The minimum atomic E-state index is -0.596. The zero-order valence-electron chi connectivity index (χ0n) is 11.4. The number of primary amides is 1. The molecule has 1 aromatic heterocycles. The number of carbonyl (C=O) groups is 2. The summed E-state index contributed by atoms with van der Waals surface area (Å²) < 4.78 is 0. The predicted octanol–water partition coefficient (Wildman–Crippen LogP) is -0.411. The highest BCUT2D eigenvalue weighted by atomic mass is 32.1. The Morgan fingerprint density at radius 1 is 1.35 bits per heavy atom. The Balaban J connectivity index is 2.44. The minimum absolute atomic E-state index is 0.175. The van der Waals surface area contributed by atoms with Gasteiger partial charge in [-0.3, -0.25) is 9.59 Å². The molecular formula is C12H19N5O2S. The summed E-state index contributed by atoms with van der Waals surface area (Å²) in [6, 6.07) is 0. The average molecular weight is 297 g/mol. The zero-order valence-corrected chi connectivity index (χ0v) is 12.2. The molecule has 0 unspecified atom stereocenters. The van der Waals surface area contributed by atoms with E-state index in [-0.39, 0.29) is 17.2 Å². The zero-order chi connectivity index (χ0) is 14.7. The van der Waals surface area contributed by atoms with Crippen LogP contribution in [0.25, 0.3) is 0 Å². The number of anilines is 2. The molecule has 2 amide bonds. The predicted molar refractivity (Wildman–Crippen MR) is 80.3 cm³/mol. The third-order valence-corrected chi connectivity index (χ3v) is 4.50. The van der Waals surface area contributed by atoms with Gasteiger partial charge in [-0.2, -0.15) is 0 Å². The van der Waals surface area contributed by atoms with Crippen LogP contribution in [0.15, 0.2) is 0 Å². The molecule has 7 nitrogen and oxygen atoms in total. The molecule has 1 aliphatic rings. The number of thiophene rings is 1. The van der Waals surface area contributed by atoms with Crippen molar-refractivity contribution in [2.45, 2.75) is 6.42 Å². The first-order valence-electron chi connectivity index (χ1n) is 6.46. The average Bonchev–Trinajstić information content (AvgIpc) is 2.62. The lowest BCUT2D eigenvalue weighted by atomic mass is 10.2. The Bertz CT molecular complexity index is 520. The van der Waals surface area contributed by atoms with Gasteiger partial charge in [-0.25, -0.2) is 0 Å². The van der Waals surface area contributed by atoms with E-state index in [0.717, 1.165) is 32.6 Å². The Hall–Kier alpha value is -1.80. The topological polar surface area (TPSA) is 113 Å². The molecule has 2 heterocycles. The van der Waals surface area contributed by atoms with E-state index in [9.17, 15) is 9.59 Å². The van der Waals surface area contributed by atoms with Gasteiger partial charge in [0, 0.05) is 26.7 Å². The molecule has 6 N–H and O–H groups in total. The molecule has 1 fully saturated rings. The number of nitrogens with two attached hydrogens (primary N) is 2. The van der Waals surface area contributed by atoms with Crippen molar-refractivity contribution in [1.82, 2.24) is 10.6 Å². The van der Waals surface area contributed by atoms with Crippen molar-refractivity contribution in [2.24, 2.45) is 5.73 Å². The van der Waals surface area contributed by atoms with Crippen molar-refractivity contribution in [3.8, 4) is 0 Å². The summed E-state index contributed by atoms with van der Waals surface area (Å²) in [5.41, 5.74) is 11.8. The molecule has 0 radical (unpaired) electrons. The summed E-state index contributed by atoms with van der Waals surface area (Å²) in [6.45, 7) is 3.32. The molecule has 0 aliphatic carbocycles. The van der Waals surface area contributed by atoms with Gasteiger partial charge in [0.2, 0.25) is 0 Å². The summed E-state index contributed by atoms with van der Waals surface area (Å²) in [4.78, 5) is 25.9. The van der Waals surface area contributed by atoms with E-state index in [1.54, 1.807) is 0 Å². The van der Waals surface area contributed by atoms with Crippen molar-refractivity contribution in [3.63, 3.8) is 0 Å². The SMILES string of the molecule is CNC(=O)c1sc(N2CCCNCC2)c(C(N)=O)c1N. The first kappa shape index (κ1) is 14.6. The van der Waals surface area contributed by atoms with Crippen LogP contribution in [0.1, 0.15) is 26.5 Å². The Labute approximate surface area is 121 Å². The third kappa shape index (κ3) is 2.70. The van der Waals surface area contributed by atoms with E-state index in [4.69, 9.17) is 11.5 Å². The fraction of sp³-hybridized carbons (Fsp3) is 0.500. The monoisotopic (exact) mass is 297 g/mol. The van der Waals surface area contributed by atoms with Crippen molar-refractivity contribution >= 4 is 33.8 Å². The lowest BCUT2D eigenvalue weighted by Gasteiger charge is -2.21. The van der Waals surface area contributed by atoms with Gasteiger partial charge in [0.15, 0.2) is 0 Å². The number of amides is 2. The summed E-state index contributed by atoms with van der Waals surface area (Å²) in [5, 5.41) is 6.50. The molecule has 110 valence electrons. The Morgan fingerprint density at radius 2 is 2.10 bits per heavy atom. The van der Waals surface area contributed by atoms with Gasteiger partial charge in [-0.05, 0) is 13.0 Å². The number of carbonyl (C=O) groups excluding carboxylic acids is 2. The maximum Gasteiger partial charge on any atom is 0.263 e. The van der Waals surface area contributed by atoms with E-state index < -0.39 is 5.91 Å². The largest absolute Gasteiger partial charge is 0.397 e. The quantitative estimate of drug-likeness (QED) is 0.605. The van der Waals surface area contributed by atoms with Crippen LogP contribution < -0.4 is 27.0 Å². The molecule has 1 aromatic rings. The molecule has 1 aliphatic heterocycles. The van der Waals surface area contributed by atoms with Gasteiger partial charge < -0.3 is 27.0 Å². The number of hydrogen-bond donors (Lipinski definition) is 4. The van der Waals surface area contributed by atoms with Gasteiger partial charge in [-0.15, -0.1) is 11.3 Å². The molecule has 2 rings (SSSR count). The van der Waals surface area contributed by atoms with Crippen molar-refractivity contribution in [2.75, 3.05) is 43.9 Å². The van der Waals surface area contributed by atoms with E-state index in [1.807, 2.05) is 0 Å². The first-order chi connectivity index (χ1) is 9.56. The van der Waals surface area contributed by atoms with Crippen LogP contribution in [0.4, 0.5) is 10.7 Å². The fourth-order valence-electron chi connectivity index (χ4n) is 2.22. The summed E-state index contributed by atoms with van der Waals surface area (Å²) in [6.07, 6.45) is 0.964. The highest BCUT2D eigenvalue weighted by Crippen LogP contribution is 2.38. The molecule has 20 heavy (non-hydrogen) atoms. The summed E-state index contributed by atoms with van der Waals surface area (Å²) >= 11 is 1.22. The van der Waals surface area contributed by atoms with E-state index in [2.05, 4.69) is 15.5 Å². The second kappa shape index (κ2) is 6.10. The normalized spacial score (nSPS) is 15.8. The fourth-order valence-corrected chi connectivity index (χ4v) is 3.45. The highest BCUT2D eigenvalue weighted by Gasteiger charge is 2.27. The van der Waals surface area contributed by atoms with Crippen LogP contribution in [0, 0.1) is 0 Å². The van der Waals surface area contributed by atoms with Crippen LogP contribution in [0.2, 0.25) is 0 Å². The van der Waals surface area contributed by atoms with Crippen molar-refractivity contribution in [3.05, 3.63) is 10.4 Å². The van der Waals surface area contributed by atoms with Crippen molar-refractivity contribution < 1.29 is 9.59 Å². The van der Waals surface area contributed by atoms with Gasteiger partial charge >= 0.3 is 0 Å². The molecule has 0 aromatic carbocycles. The van der Waals surface area contributed by atoms with Gasteiger partial charge in [0.05, 0.1) is 11.3 Å². The summed E-state index contributed by atoms with van der Waals surface area (Å²) in [7, 11) is 1.53. The van der Waals surface area contributed by atoms with Crippen LogP contribution >= 0.6 is 11.3 Å². The van der Waals surface area contributed by atoms with Crippen molar-refractivity contribution in [1.29, 1.82) is 0 Å². The number of rotatable bonds is 3. The standard InChI is InChI=1S/C12H19N5O2S/c1-15-11(19)9-8(13)7(10(14)18)12(20-9)17-5-2-3-16-4-6-17/h16H,2-6,13H2,1H3,(H2,14,18)(H,15,19). The minimum Gasteiger partial charge on any atom is -0.397 e. The molecule has 1 saturated heterocycles. The Kier molecular flexibility index (Phi) is 4.46. The van der Waals surface area contributed by atoms with Crippen LogP contribution in [0.5, 0.6) is 0 Å². The van der Waals surface area contributed by atoms with E-state index in [0.29, 0.717) is 9.88 Å². The Morgan fingerprint density at radius 3 is 2.75 bits per heavy atom. The van der Waals surface area contributed by atoms with Gasteiger partial charge in [0.25, 0.3) is 11.8 Å². The molecule has 8 heteroatoms. The smallest absolute Gasteiger partial charge is 0.263 e. The lowest BCUT2D eigenvalue weighted by Crippen LogP contribution is -2.29. The van der Waals surface area contributed by atoms with Crippen LogP contribution in [-0.4, -0.2) is 45.0 Å². The number of nitrogens with zero attached hydrogens (tertiary/aromatic N) is 1. The van der Waals surface area contributed by atoms with E-state index >= 15 is 0 Å². The number of hydrogen-bond acceptors (Lipinski definition) is 6. The molecule has 0 bridgehead atoms. The molecule has 0 atom stereocenters. The first-order valence-corrected chi connectivity index (χ1v) is 7.27. The maximum absolute atomic E-state index is 11.8. The van der Waals surface area contributed by atoms with Gasteiger partial charge in [0.1, 0.15) is 9.88 Å². The highest BCUT2D eigenvalue weighted by molar-refractivity contribution is 7.19. The summed E-state index contributed by atoms with van der Waals surface area (Å²) in [5.74, 6) is -0.893. The number of nitrogen functional groups attached to an aromatic ring is 1. The lowest BCUT2D eigenvalue weighted by molar-refractivity contribution is 0.0967. The van der Waals surface area contributed by atoms with Crippen LogP contribution in [0.3, 0.4) is 0 Å². The second-order valence-electron chi connectivity index (χ2n) is 4.56.